The van der Waals surface area contributed by atoms with Gasteiger partial charge in [-0.25, -0.2) is 0 Å². The number of rotatable bonds is 7. The Kier molecular flexibility index (Phi) is 5.72. The third kappa shape index (κ3) is 4.03. The molecule has 1 aromatic rings. The molecule has 0 fully saturated rings. The molecule has 0 saturated carbocycles. The standard InChI is InChI=1S/C14H23N3O4/c1-3-13(18)12-8-11-9-16(4-5-17(11)15-12)14(19)10-21-7-6-20-2/h8,13,18H,3-7,9-10H2,1-2H3/t13-/m1/s1. The lowest BCUT2D eigenvalue weighted by molar-refractivity contribution is -0.138. The summed E-state index contributed by atoms with van der Waals surface area (Å²) in [5.74, 6) is -0.0313. The maximum Gasteiger partial charge on any atom is 0.248 e. The first-order chi connectivity index (χ1) is 10.2. The van der Waals surface area contributed by atoms with Crippen molar-refractivity contribution in [2.45, 2.75) is 32.5 Å². The highest BCUT2D eigenvalue weighted by Crippen LogP contribution is 2.20. The molecule has 1 aromatic heterocycles. The SMILES string of the molecule is CC[C@@H](O)c1cc2n(n1)CCN(C(=O)COCCOC)C2. The van der Waals surface area contributed by atoms with Crippen LogP contribution in [0.2, 0.25) is 0 Å². The summed E-state index contributed by atoms with van der Waals surface area (Å²) >= 11 is 0. The number of fused-ring (bicyclic) bond motifs is 1. The van der Waals surface area contributed by atoms with Crippen molar-refractivity contribution in [3.63, 3.8) is 0 Å². The maximum absolute atomic E-state index is 12.0. The Morgan fingerprint density at radius 2 is 2.29 bits per heavy atom. The molecule has 7 nitrogen and oxygen atoms in total. The number of ether oxygens (including phenoxy) is 2. The van der Waals surface area contributed by atoms with E-state index in [0.717, 1.165) is 5.69 Å². The first kappa shape index (κ1) is 15.9. The van der Waals surface area contributed by atoms with Gasteiger partial charge in [0, 0.05) is 13.7 Å². The number of methoxy groups -OCH3 is 1. The second-order valence-corrected chi connectivity index (χ2v) is 5.07. The molecule has 0 spiro atoms. The highest BCUT2D eigenvalue weighted by Gasteiger charge is 2.23. The van der Waals surface area contributed by atoms with Crippen LogP contribution >= 0.6 is 0 Å². The number of aliphatic hydroxyl groups excluding tert-OH is 1. The van der Waals surface area contributed by atoms with Crippen molar-refractivity contribution in [1.29, 1.82) is 0 Å². The molecule has 0 bridgehead atoms. The number of amides is 1. The molecule has 118 valence electrons. The van der Waals surface area contributed by atoms with E-state index in [4.69, 9.17) is 9.47 Å². The van der Waals surface area contributed by atoms with Crippen LogP contribution in [0, 0.1) is 0 Å². The Balaban J connectivity index is 1.89. The zero-order valence-electron chi connectivity index (χ0n) is 12.6. The first-order valence-electron chi connectivity index (χ1n) is 7.24. The summed E-state index contributed by atoms with van der Waals surface area (Å²) in [6, 6.07) is 1.87. The Morgan fingerprint density at radius 1 is 1.48 bits per heavy atom. The quantitative estimate of drug-likeness (QED) is 0.734. The highest BCUT2D eigenvalue weighted by molar-refractivity contribution is 5.77. The van der Waals surface area contributed by atoms with Crippen molar-refractivity contribution in [2.75, 3.05) is 33.5 Å². The van der Waals surface area contributed by atoms with Crippen LogP contribution in [0.15, 0.2) is 6.07 Å². The average Bonchev–Trinajstić information content (AvgIpc) is 2.93. The summed E-state index contributed by atoms with van der Waals surface area (Å²) in [4.78, 5) is 13.8. The van der Waals surface area contributed by atoms with Gasteiger partial charge in [0.2, 0.25) is 5.91 Å². The van der Waals surface area contributed by atoms with Crippen LogP contribution in [0.1, 0.15) is 30.8 Å². The average molecular weight is 297 g/mol. The summed E-state index contributed by atoms with van der Waals surface area (Å²) in [5.41, 5.74) is 1.63. The van der Waals surface area contributed by atoms with E-state index in [2.05, 4.69) is 5.10 Å². The van der Waals surface area contributed by atoms with E-state index in [9.17, 15) is 9.90 Å². The smallest absolute Gasteiger partial charge is 0.248 e. The lowest BCUT2D eigenvalue weighted by Gasteiger charge is -2.27. The highest BCUT2D eigenvalue weighted by atomic mass is 16.5. The summed E-state index contributed by atoms with van der Waals surface area (Å²) in [7, 11) is 1.60. The number of carbonyl (C=O) groups excluding carboxylic acids is 1. The molecule has 2 heterocycles. The molecule has 1 atom stereocenters. The number of aliphatic hydroxyl groups is 1. The molecule has 1 aliphatic rings. The van der Waals surface area contributed by atoms with E-state index in [1.54, 1.807) is 12.0 Å². The van der Waals surface area contributed by atoms with Gasteiger partial charge in [-0.1, -0.05) is 6.92 Å². The van der Waals surface area contributed by atoms with Crippen LogP contribution in [-0.4, -0.2) is 59.2 Å². The second-order valence-electron chi connectivity index (χ2n) is 5.07. The van der Waals surface area contributed by atoms with Crippen molar-refractivity contribution < 1.29 is 19.4 Å². The second kappa shape index (κ2) is 7.53. The van der Waals surface area contributed by atoms with Gasteiger partial charge in [0.05, 0.1) is 43.8 Å². The number of hydrogen-bond donors (Lipinski definition) is 1. The Bertz CT molecular complexity index is 475. The molecule has 1 aliphatic heterocycles. The molecule has 7 heteroatoms. The van der Waals surface area contributed by atoms with Crippen molar-refractivity contribution in [3.8, 4) is 0 Å². The van der Waals surface area contributed by atoms with Crippen molar-refractivity contribution in [3.05, 3.63) is 17.5 Å². The van der Waals surface area contributed by atoms with Gasteiger partial charge in [-0.3, -0.25) is 9.48 Å². The Labute approximate surface area is 124 Å². The molecule has 2 rings (SSSR count). The monoisotopic (exact) mass is 297 g/mol. The zero-order valence-corrected chi connectivity index (χ0v) is 12.6. The van der Waals surface area contributed by atoms with Gasteiger partial charge >= 0.3 is 0 Å². The normalized spacial score (nSPS) is 15.9. The van der Waals surface area contributed by atoms with Gasteiger partial charge in [0.15, 0.2) is 0 Å². The minimum absolute atomic E-state index is 0.0313. The summed E-state index contributed by atoms with van der Waals surface area (Å²) < 4.78 is 12.0. The van der Waals surface area contributed by atoms with Crippen LogP contribution in [0.5, 0.6) is 0 Å². The van der Waals surface area contributed by atoms with Crippen LogP contribution in [0.25, 0.3) is 0 Å². The van der Waals surface area contributed by atoms with Crippen LogP contribution in [0.3, 0.4) is 0 Å². The summed E-state index contributed by atoms with van der Waals surface area (Å²) in [6.45, 7) is 4.66. The molecule has 0 aromatic carbocycles. The molecule has 0 unspecified atom stereocenters. The molecular formula is C14H23N3O4. The van der Waals surface area contributed by atoms with Gasteiger partial charge in [0.1, 0.15) is 6.61 Å². The predicted octanol–water partition coefficient (Wildman–Crippen LogP) is 0.332. The Morgan fingerprint density at radius 3 is 3.00 bits per heavy atom. The molecule has 21 heavy (non-hydrogen) atoms. The topological polar surface area (TPSA) is 76.8 Å². The van der Waals surface area contributed by atoms with Crippen LogP contribution in [-0.2, 0) is 27.4 Å². The Hall–Kier alpha value is -1.44. The third-order valence-corrected chi connectivity index (χ3v) is 3.55. The fraction of sp³-hybridized carbons (Fsp3) is 0.714. The summed E-state index contributed by atoms with van der Waals surface area (Å²) in [6.07, 6.45) is 0.0940. The van der Waals surface area contributed by atoms with E-state index in [1.165, 1.54) is 0 Å². The fourth-order valence-electron chi connectivity index (χ4n) is 2.27. The molecule has 1 amide bonds. The molecule has 1 N–H and O–H groups in total. The van der Waals surface area contributed by atoms with Gasteiger partial charge in [-0.15, -0.1) is 0 Å². The third-order valence-electron chi connectivity index (χ3n) is 3.55. The van der Waals surface area contributed by atoms with Gasteiger partial charge in [-0.05, 0) is 12.5 Å². The largest absolute Gasteiger partial charge is 0.387 e. The number of aromatic nitrogens is 2. The van der Waals surface area contributed by atoms with Gasteiger partial charge < -0.3 is 19.5 Å². The molecular weight excluding hydrogens is 274 g/mol. The minimum atomic E-state index is -0.537. The molecule has 0 saturated heterocycles. The van der Waals surface area contributed by atoms with E-state index >= 15 is 0 Å². The predicted molar refractivity (Wildman–Crippen MR) is 75.6 cm³/mol. The lowest BCUT2D eigenvalue weighted by Crippen LogP contribution is -2.40. The lowest BCUT2D eigenvalue weighted by atomic mass is 10.2. The van der Waals surface area contributed by atoms with E-state index in [0.29, 0.717) is 45.0 Å². The fourth-order valence-corrected chi connectivity index (χ4v) is 2.27. The van der Waals surface area contributed by atoms with Crippen molar-refractivity contribution in [2.24, 2.45) is 0 Å². The van der Waals surface area contributed by atoms with Crippen LogP contribution in [0.4, 0.5) is 0 Å². The van der Waals surface area contributed by atoms with Gasteiger partial charge in [0.25, 0.3) is 0 Å². The zero-order chi connectivity index (χ0) is 15.2. The van der Waals surface area contributed by atoms with Gasteiger partial charge in [-0.2, -0.15) is 5.10 Å². The molecule has 0 aliphatic carbocycles. The van der Waals surface area contributed by atoms with Crippen molar-refractivity contribution in [1.82, 2.24) is 14.7 Å². The van der Waals surface area contributed by atoms with Crippen molar-refractivity contribution >= 4 is 5.91 Å². The minimum Gasteiger partial charge on any atom is -0.387 e. The number of hydrogen-bond acceptors (Lipinski definition) is 5. The van der Waals surface area contributed by atoms with E-state index in [-0.39, 0.29) is 12.5 Å². The van der Waals surface area contributed by atoms with Crippen LogP contribution < -0.4 is 0 Å². The number of nitrogens with zero attached hydrogens (tertiary/aromatic N) is 3. The summed E-state index contributed by atoms with van der Waals surface area (Å²) in [5, 5.41) is 14.2. The van der Waals surface area contributed by atoms with E-state index < -0.39 is 6.10 Å². The maximum atomic E-state index is 12.0. The molecule has 0 radical (unpaired) electrons. The number of carbonyl (C=O) groups is 1. The first-order valence-corrected chi connectivity index (χ1v) is 7.24. The van der Waals surface area contributed by atoms with E-state index in [1.807, 2.05) is 17.7 Å².